The van der Waals surface area contributed by atoms with E-state index >= 15 is 0 Å². The van der Waals surface area contributed by atoms with E-state index < -0.39 is 0 Å². The van der Waals surface area contributed by atoms with Crippen LogP contribution in [0.15, 0.2) is 48.5 Å². The lowest BCUT2D eigenvalue weighted by Gasteiger charge is -2.17. The van der Waals surface area contributed by atoms with E-state index in [-0.39, 0.29) is 5.91 Å². The van der Waals surface area contributed by atoms with Crippen LogP contribution >= 0.6 is 0 Å². The summed E-state index contributed by atoms with van der Waals surface area (Å²) in [6.45, 7) is 5.35. The van der Waals surface area contributed by atoms with Crippen molar-refractivity contribution in [2.75, 3.05) is 25.5 Å². The quantitative estimate of drug-likeness (QED) is 0.886. The van der Waals surface area contributed by atoms with Gasteiger partial charge >= 0.3 is 0 Å². The van der Waals surface area contributed by atoms with Gasteiger partial charge in [-0.1, -0.05) is 42.5 Å². The molecule has 0 aliphatic carbocycles. The maximum atomic E-state index is 12.1. The van der Waals surface area contributed by atoms with Crippen LogP contribution < -0.4 is 5.32 Å². The van der Waals surface area contributed by atoms with Gasteiger partial charge in [0.2, 0.25) is 5.91 Å². The van der Waals surface area contributed by atoms with Crippen molar-refractivity contribution < 1.29 is 4.79 Å². The molecule has 3 heteroatoms. The molecule has 1 amide bonds. The number of nitrogens with one attached hydrogen (secondary N) is 1. The Kier molecular flexibility index (Phi) is 5.73. The highest BCUT2D eigenvalue weighted by Crippen LogP contribution is 2.17. The molecule has 0 saturated carbocycles. The number of carbonyl (C=O) groups is 1. The van der Waals surface area contributed by atoms with Gasteiger partial charge in [-0.15, -0.1) is 0 Å². The minimum Gasteiger partial charge on any atom is -0.325 e. The number of amides is 1. The first kappa shape index (κ1) is 16.2. The zero-order valence-corrected chi connectivity index (χ0v) is 13.6. The third-order valence-electron chi connectivity index (χ3n) is 3.92. The van der Waals surface area contributed by atoms with Gasteiger partial charge in [-0.25, -0.2) is 0 Å². The number of hydrogen-bond acceptors (Lipinski definition) is 2. The van der Waals surface area contributed by atoms with Gasteiger partial charge in [-0.05, 0) is 50.1 Å². The number of hydrogen-bond donors (Lipinski definition) is 1. The molecule has 0 bridgehead atoms. The summed E-state index contributed by atoms with van der Waals surface area (Å²) in [5.74, 6) is 0.0317. The molecule has 0 aliphatic heterocycles. The van der Waals surface area contributed by atoms with Crippen molar-refractivity contribution in [3.63, 3.8) is 0 Å². The van der Waals surface area contributed by atoms with Crippen LogP contribution in [-0.4, -0.2) is 30.9 Å². The molecule has 0 atom stereocenters. The topological polar surface area (TPSA) is 32.3 Å². The SMILES string of the molecule is Cc1cccc(NC(=O)CN(C)CCc2ccccc2)c1C. The molecular formula is C19H24N2O. The lowest BCUT2D eigenvalue weighted by molar-refractivity contribution is -0.117. The van der Waals surface area contributed by atoms with E-state index in [0.29, 0.717) is 6.54 Å². The zero-order chi connectivity index (χ0) is 15.9. The van der Waals surface area contributed by atoms with E-state index in [0.717, 1.165) is 24.2 Å². The number of carbonyl (C=O) groups excluding carboxylic acids is 1. The second-order valence-electron chi connectivity index (χ2n) is 5.77. The van der Waals surface area contributed by atoms with Crippen LogP contribution in [0.3, 0.4) is 0 Å². The Morgan fingerprint density at radius 2 is 1.77 bits per heavy atom. The maximum Gasteiger partial charge on any atom is 0.238 e. The molecule has 22 heavy (non-hydrogen) atoms. The molecule has 2 aromatic rings. The molecule has 0 spiro atoms. The molecule has 0 unspecified atom stereocenters. The minimum absolute atomic E-state index is 0.0317. The van der Waals surface area contributed by atoms with Gasteiger partial charge < -0.3 is 5.32 Å². The number of anilines is 1. The number of aryl methyl sites for hydroxylation is 1. The van der Waals surface area contributed by atoms with E-state index in [1.807, 2.05) is 49.2 Å². The molecule has 0 radical (unpaired) electrons. The first-order chi connectivity index (χ1) is 10.6. The Bertz CT molecular complexity index is 623. The van der Waals surface area contributed by atoms with Gasteiger partial charge in [0.25, 0.3) is 0 Å². The standard InChI is InChI=1S/C19H24N2O/c1-15-8-7-11-18(16(15)2)20-19(22)14-21(3)13-12-17-9-5-4-6-10-17/h4-11H,12-14H2,1-3H3,(H,20,22). The number of benzene rings is 2. The van der Waals surface area contributed by atoms with E-state index in [9.17, 15) is 4.79 Å². The first-order valence-electron chi connectivity index (χ1n) is 7.65. The summed E-state index contributed by atoms with van der Waals surface area (Å²) >= 11 is 0. The van der Waals surface area contributed by atoms with Gasteiger partial charge in [0, 0.05) is 12.2 Å². The van der Waals surface area contributed by atoms with Crippen LogP contribution in [0.4, 0.5) is 5.69 Å². The van der Waals surface area contributed by atoms with E-state index in [1.165, 1.54) is 11.1 Å². The summed E-state index contributed by atoms with van der Waals surface area (Å²) in [4.78, 5) is 14.2. The Balaban J connectivity index is 1.82. The highest BCUT2D eigenvalue weighted by molar-refractivity contribution is 5.93. The smallest absolute Gasteiger partial charge is 0.238 e. The van der Waals surface area contributed by atoms with Crippen LogP contribution in [0.1, 0.15) is 16.7 Å². The second-order valence-corrected chi connectivity index (χ2v) is 5.77. The lowest BCUT2D eigenvalue weighted by atomic mass is 10.1. The molecule has 3 nitrogen and oxygen atoms in total. The van der Waals surface area contributed by atoms with Crippen molar-refractivity contribution in [1.29, 1.82) is 0 Å². The Morgan fingerprint density at radius 3 is 2.50 bits per heavy atom. The predicted molar refractivity (Wildman–Crippen MR) is 92.2 cm³/mol. The summed E-state index contributed by atoms with van der Waals surface area (Å²) in [6.07, 6.45) is 0.952. The number of rotatable bonds is 6. The average molecular weight is 296 g/mol. The highest BCUT2D eigenvalue weighted by Gasteiger charge is 2.09. The molecular weight excluding hydrogens is 272 g/mol. The van der Waals surface area contributed by atoms with Crippen molar-refractivity contribution in [3.05, 3.63) is 65.2 Å². The van der Waals surface area contributed by atoms with Crippen molar-refractivity contribution in [1.82, 2.24) is 4.90 Å². The normalized spacial score (nSPS) is 10.7. The second kappa shape index (κ2) is 7.76. The fourth-order valence-electron chi connectivity index (χ4n) is 2.37. The molecule has 0 saturated heterocycles. The van der Waals surface area contributed by atoms with Gasteiger partial charge in [-0.3, -0.25) is 9.69 Å². The summed E-state index contributed by atoms with van der Waals surface area (Å²) in [6, 6.07) is 16.3. The molecule has 0 heterocycles. The third kappa shape index (κ3) is 4.71. The maximum absolute atomic E-state index is 12.1. The predicted octanol–water partition coefficient (Wildman–Crippen LogP) is 3.42. The summed E-state index contributed by atoms with van der Waals surface area (Å²) in [5.41, 5.74) is 4.52. The Labute approximate surface area is 133 Å². The molecule has 116 valence electrons. The summed E-state index contributed by atoms with van der Waals surface area (Å²) in [5, 5.41) is 3.00. The lowest BCUT2D eigenvalue weighted by Crippen LogP contribution is -2.31. The third-order valence-corrected chi connectivity index (χ3v) is 3.92. The largest absolute Gasteiger partial charge is 0.325 e. The summed E-state index contributed by atoms with van der Waals surface area (Å²) in [7, 11) is 1.98. The Morgan fingerprint density at radius 1 is 1.05 bits per heavy atom. The van der Waals surface area contributed by atoms with Gasteiger partial charge in [0.1, 0.15) is 0 Å². The van der Waals surface area contributed by atoms with Crippen LogP contribution in [0.25, 0.3) is 0 Å². The monoisotopic (exact) mass is 296 g/mol. The van der Waals surface area contributed by atoms with Crippen LogP contribution in [0.2, 0.25) is 0 Å². The van der Waals surface area contributed by atoms with E-state index in [4.69, 9.17) is 0 Å². The van der Waals surface area contributed by atoms with Gasteiger partial charge in [-0.2, -0.15) is 0 Å². The summed E-state index contributed by atoms with van der Waals surface area (Å²) < 4.78 is 0. The number of nitrogens with zero attached hydrogens (tertiary/aromatic N) is 1. The van der Waals surface area contributed by atoms with Crippen LogP contribution in [0.5, 0.6) is 0 Å². The van der Waals surface area contributed by atoms with Crippen LogP contribution in [0, 0.1) is 13.8 Å². The Hall–Kier alpha value is -2.13. The molecule has 0 aromatic heterocycles. The molecule has 1 N–H and O–H groups in total. The molecule has 0 fully saturated rings. The fraction of sp³-hybridized carbons (Fsp3) is 0.316. The zero-order valence-electron chi connectivity index (χ0n) is 13.6. The van der Waals surface area contributed by atoms with E-state index in [2.05, 4.69) is 30.4 Å². The molecule has 0 aliphatic rings. The van der Waals surface area contributed by atoms with Crippen molar-refractivity contribution >= 4 is 11.6 Å². The van der Waals surface area contributed by atoms with E-state index in [1.54, 1.807) is 0 Å². The molecule has 2 rings (SSSR count). The molecule has 2 aromatic carbocycles. The van der Waals surface area contributed by atoms with Crippen LogP contribution in [-0.2, 0) is 11.2 Å². The fourth-order valence-corrected chi connectivity index (χ4v) is 2.37. The van der Waals surface area contributed by atoms with Crippen molar-refractivity contribution in [2.24, 2.45) is 0 Å². The minimum atomic E-state index is 0.0317. The van der Waals surface area contributed by atoms with Gasteiger partial charge in [0.05, 0.1) is 6.54 Å². The average Bonchev–Trinajstić information content (AvgIpc) is 2.51. The van der Waals surface area contributed by atoms with Gasteiger partial charge in [0.15, 0.2) is 0 Å². The van der Waals surface area contributed by atoms with Crippen molar-refractivity contribution in [3.8, 4) is 0 Å². The first-order valence-corrected chi connectivity index (χ1v) is 7.65. The van der Waals surface area contributed by atoms with Crippen molar-refractivity contribution in [2.45, 2.75) is 20.3 Å². The highest BCUT2D eigenvalue weighted by atomic mass is 16.2. The number of likely N-dealkylation sites (N-methyl/N-ethyl adjacent to an activating group) is 1.